The topological polar surface area (TPSA) is 112 Å². The first-order valence-electron chi connectivity index (χ1n) is 8.45. The molecule has 2 aliphatic rings. The van der Waals surface area contributed by atoms with Crippen LogP contribution in [0.1, 0.15) is 18.9 Å². The zero-order chi connectivity index (χ0) is 19.2. The molecule has 2 amide bonds. The fraction of sp³-hybridized carbons (Fsp3) is 0.278. The van der Waals surface area contributed by atoms with Gasteiger partial charge in [-0.05, 0) is 31.5 Å². The lowest BCUT2D eigenvalue weighted by Crippen LogP contribution is -3.06. The van der Waals surface area contributed by atoms with E-state index in [0.29, 0.717) is 47.3 Å². The molecule has 1 aromatic rings. The van der Waals surface area contributed by atoms with Crippen molar-refractivity contribution in [2.75, 3.05) is 19.7 Å². The van der Waals surface area contributed by atoms with Gasteiger partial charge in [0.05, 0.1) is 18.2 Å². The van der Waals surface area contributed by atoms with Crippen molar-refractivity contribution in [3.05, 3.63) is 41.2 Å². The number of nitrogens with zero attached hydrogens (tertiary/aromatic N) is 4. The minimum atomic E-state index is -0.276. The molecule has 2 heterocycles. The van der Waals surface area contributed by atoms with Crippen molar-refractivity contribution in [2.45, 2.75) is 13.3 Å². The Kier molecular flexibility index (Phi) is 5.58. The van der Waals surface area contributed by atoms with Crippen LogP contribution in [0, 0.1) is 11.3 Å². The Bertz CT molecular complexity index is 883. The molecule has 9 nitrogen and oxygen atoms in total. The number of rotatable bonds is 7. The number of fused-ring (bicyclic) bond motifs is 1. The molecule has 3 rings (SSSR count). The highest BCUT2D eigenvalue weighted by molar-refractivity contribution is 6.03. The molecule has 0 aliphatic carbocycles. The van der Waals surface area contributed by atoms with E-state index in [0.717, 1.165) is 0 Å². The number of quaternary nitrogens is 1. The Morgan fingerprint density at radius 3 is 3.11 bits per heavy atom. The number of nitrogens with one attached hydrogen (secondary N) is 2. The fourth-order valence-electron chi connectivity index (χ4n) is 2.63. The van der Waals surface area contributed by atoms with Crippen LogP contribution in [0.15, 0.2) is 45.8 Å². The molecule has 0 fully saturated rings. The summed E-state index contributed by atoms with van der Waals surface area (Å²) in [6, 6.07) is 8.94. The first kappa shape index (κ1) is 18.3. The van der Waals surface area contributed by atoms with Gasteiger partial charge in [-0.1, -0.05) is 11.2 Å². The lowest BCUT2D eigenvalue weighted by atomic mass is 10.2. The summed E-state index contributed by atoms with van der Waals surface area (Å²) < 4.78 is 5.55. The number of hydrogen-bond acceptors (Lipinski definition) is 6. The molecule has 0 saturated heterocycles. The number of carbonyl (C=O) groups excluding carboxylic acids is 2. The summed E-state index contributed by atoms with van der Waals surface area (Å²) in [5, 5.41) is 16.3. The van der Waals surface area contributed by atoms with Gasteiger partial charge in [0, 0.05) is 6.54 Å². The van der Waals surface area contributed by atoms with E-state index >= 15 is 0 Å². The van der Waals surface area contributed by atoms with E-state index in [-0.39, 0.29) is 18.4 Å². The average Bonchev–Trinajstić information content (AvgIpc) is 3.05. The first-order valence-corrected chi connectivity index (χ1v) is 8.45. The van der Waals surface area contributed by atoms with Crippen molar-refractivity contribution in [2.24, 2.45) is 10.1 Å². The molecular weight excluding hydrogens is 348 g/mol. The Labute approximate surface area is 156 Å². The number of nitriles is 1. The summed E-state index contributed by atoms with van der Waals surface area (Å²) in [4.78, 5) is 29.8. The monoisotopic (exact) mass is 367 g/mol. The predicted octanol–water partition coefficient (Wildman–Crippen LogP) is -0.613. The van der Waals surface area contributed by atoms with E-state index in [1.165, 1.54) is 11.2 Å². The van der Waals surface area contributed by atoms with Gasteiger partial charge in [-0.3, -0.25) is 14.5 Å². The van der Waals surface area contributed by atoms with Crippen LogP contribution in [0.3, 0.4) is 0 Å². The maximum atomic E-state index is 12.4. The summed E-state index contributed by atoms with van der Waals surface area (Å²) in [7, 11) is 0. The third kappa shape index (κ3) is 4.37. The predicted molar refractivity (Wildman–Crippen MR) is 96.6 cm³/mol. The molecule has 0 bridgehead atoms. The third-order valence-corrected chi connectivity index (χ3v) is 4.00. The minimum absolute atomic E-state index is 0.0997. The molecule has 9 heteroatoms. The number of allylic oxidation sites excluding steroid dienone is 1. The van der Waals surface area contributed by atoms with Crippen molar-refractivity contribution in [3.63, 3.8) is 0 Å². The van der Waals surface area contributed by atoms with Gasteiger partial charge in [-0.2, -0.15) is 10.3 Å². The van der Waals surface area contributed by atoms with Crippen LogP contribution in [0.5, 0.6) is 5.75 Å². The Morgan fingerprint density at radius 2 is 2.30 bits per heavy atom. The quantitative estimate of drug-likeness (QED) is 0.626. The van der Waals surface area contributed by atoms with Crippen LogP contribution < -0.4 is 15.1 Å². The van der Waals surface area contributed by atoms with Gasteiger partial charge >= 0.3 is 5.91 Å². The maximum absolute atomic E-state index is 12.4. The summed E-state index contributed by atoms with van der Waals surface area (Å²) in [5.74, 6) is 0.0673. The van der Waals surface area contributed by atoms with Gasteiger partial charge in [0.15, 0.2) is 6.34 Å². The second-order valence-corrected chi connectivity index (χ2v) is 5.97. The molecule has 0 saturated carbocycles. The third-order valence-electron chi connectivity index (χ3n) is 4.00. The summed E-state index contributed by atoms with van der Waals surface area (Å²) >= 11 is 0. The molecule has 2 N–H and O–H groups in total. The summed E-state index contributed by atoms with van der Waals surface area (Å²) in [5.41, 5.74) is 1.58. The van der Waals surface area contributed by atoms with Crippen molar-refractivity contribution in [1.29, 1.82) is 5.26 Å². The van der Waals surface area contributed by atoms with Gasteiger partial charge in [-0.15, -0.1) is 5.01 Å². The smallest absolute Gasteiger partial charge is 0.318 e. The van der Waals surface area contributed by atoms with E-state index in [9.17, 15) is 9.59 Å². The molecule has 138 valence electrons. The van der Waals surface area contributed by atoms with Crippen LogP contribution >= 0.6 is 0 Å². The second-order valence-electron chi connectivity index (χ2n) is 5.97. The van der Waals surface area contributed by atoms with Gasteiger partial charge in [-0.25, -0.2) is 0 Å². The van der Waals surface area contributed by atoms with Crippen molar-refractivity contribution >= 4 is 24.5 Å². The highest BCUT2D eigenvalue weighted by Gasteiger charge is 2.37. The molecule has 2 aliphatic heterocycles. The highest BCUT2D eigenvalue weighted by Crippen LogP contribution is 2.12. The van der Waals surface area contributed by atoms with E-state index in [1.54, 1.807) is 37.5 Å². The van der Waals surface area contributed by atoms with Crippen molar-refractivity contribution in [3.8, 4) is 11.8 Å². The average molecular weight is 367 g/mol. The zero-order valence-corrected chi connectivity index (χ0v) is 14.8. The van der Waals surface area contributed by atoms with Crippen LogP contribution in [0.25, 0.3) is 0 Å². The Balaban J connectivity index is 1.39. The lowest BCUT2D eigenvalue weighted by molar-refractivity contribution is -0.756. The van der Waals surface area contributed by atoms with Crippen LogP contribution in [0.2, 0.25) is 0 Å². The van der Waals surface area contributed by atoms with Crippen molar-refractivity contribution in [1.82, 2.24) is 10.2 Å². The number of benzene rings is 1. The molecule has 0 spiro atoms. The van der Waals surface area contributed by atoms with Crippen LogP contribution in [0.4, 0.5) is 0 Å². The molecule has 1 aromatic carbocycles. The van der Waals surface area contributed by atoms with E-state index < -0.39 is 0 Å². The molecule has 27 heavy (non-hydrogen) atoms. The fourth-order valence-corrected chi connectivity index (χ4v) is 2.63. The molecule has 1 atom stereocenters. The van der Waals surface area contributed by atoms with E-state index in [2.05, 4.69) is 21.5 Å². The van der Waals surface area contributed by atoms with Gasteiger partial charge in [0.25, 0.3) is 5.70 Å². The number of hydrogen-bond donors (Lipinski definition) is 2. The summed E-state index contributed by atoms with van der Waals surface area (Å²) in [6.45, 7) is 2.46. The van der Waals surface area contributed by atoms with Gasteiger partial charge in [0.1, 0.15) is 18.0 Å². The minimum Gasteiger partial charge on any atom is -0.493 e. The first-order chi connectivity index (χ1) is 13.1. The maximum Gasteiger partial charge on any atom is 0.318 e. The molecular formula is C18H19N6O3+. The SMILES string of the molecule is CC1=C2C(=O)N(CC(=O)NCCCOc3cccc(C#N)c3)C=N[NH+]2C=N1. The van der Waals surface area contributed by atoms with Crippen LogP contribution in [-0.2, 0) is 9.59 Å². The van der Waals surface area contributed by atoms with Gasteiger partial charge in [0.2, 0.25) is 12.2 Å². The Morgan fingerprint density at radius 1 is 1.44 bits per heavy atom. The second kappa shape index (κ2) is 8.25. The van der Waals surface area contributed by atoms with Crippen LogP contribution in [-0.4, -0.2) is 49.1 Å². The largest absolute Gasteiger partial charge is 0.493 e. The number of carbonyl (C=O) groups is 2. The number of aliphatic imine (C=N–C) groups is 1. The molecule has 0 aromatic heterocycles. The van der Waals surface area contributed by atoms with Gasteiger partial charge < -0.3 is 10.1 Å². The lowest BCUT2D eigenvalue weighted by Gasteiger charge is -2.21. The standard InChI is InChI=1S/C18H18N6O3/c1-13-17-18(26)23(12-22-24(17)11-21-13)10-16(25)20-6-3-7-27-15-5-2-4-14(8-15)9-19/h2,4-5,8,11-12H,3,6-7,10H2,1H3,(H,20,25)/p+1. The zero-order valence-electron chi connectivity index (χ0n) is 14.8. The molecule has 1 unspecified atom stereocenters. The van der Waals surface area contributed by atoms with E-state index in [4.69, 9.17) is 10.00 Å². The normalized spacial score (nSPS) is 17.7. The molecule has 0 radical (unpaired) electrons. The van der Waals surface area contributed by atoms with E-state index in [1.807, 2.05) is 0 Å². The summed E-state index contributed by atoms with van der Waals surface area (Å²) in [6.07, 6.45) is 3.50. The highest BCUT2D eigenvalue weighted by atomic mass is 16.5. The Hall–Kier alpha value is -3.51. The van der Waals surface area contributed by atoms with Crippen molar-refractivity contribution < 1.29 is 19.3 Å². The number of ether oxygens (including phenoxy) is 1. The number of amides is 2.